The Bertz CT molecular complexity index is 603. The molecule has 2 heterocycles. The number of carbonyl (C=O) groups excluding carboxylic acids is 1. The number of likely N-dealkylation sites (tertiary alicyclic amines) is 1. The molecule has 2 aliphatic heterocycles. The number of ether oxygens (including phenoxy) is 3. The van der Waals surface area contributed by atoms with E-state index in [1.54, 1.807) is 11.0 Å². The molecule has 0 aromatic heterocycles. The first kappa shape index (κ1) is 15.9. The molecule has 0 radical (unpaired) electrons. The Morgan fingerprint density at radius 1 is 1.26 bits per heavy atom. The monoisotopic (exact) mass is 323 g/mol. The first-order valence-corrected chi connectivity index (χ1v) is 7.86. The molecule has 0 unspecified atom stereocenters. The molecule has 1 aromatic rings. The molecule has 5 nitrogen and oxygen atoms in total. The molecule has 2 aliphatic rings. The van der Waals surface area contributed by atoms with Crippen molar-refractivity contribution in [2.24, 2.45) is 0 Å². The zero-order valence-corrected chi connectivity index (χ0v) is 13.7. The molecule has 1 spiro atoms. The van der Waals surface area contributed by atoms with E-state index in [0.717, 1.165) is 0 Å². The van der Waals surface area contributed by atoms with Crippen LogP contribution in [0.5, 0.6) is 11.5 Å². The Hall–Kier alpha value is -1.98. The maximum Gasteiger partial charge on any atom is 0.410 e. The Morgan fingerprint density at radius 3 is 2.61 bits per heavy atom. The van der Waals surface area contributed by atoms with Crippen molar-refractivity contribution in [2.45, 2.75) is 44.8 Å². The van der Waals surface area contributed by atoms with Crippen LogP contribution in [0.25, 0.3) is 0 Å². The van der Waals surface area contributed by atoms with Gasteiger partial charge in [0.1, 0.15) is 23.6 Å². The van der Waals surface area contributed by atoms with Gasteiger partial charge in [0.05, 0.1) is 0 Å². The van der Waals surface area contributed by atoms with E-state index in [2.05, 4.69) is 0 Å². The molecule has 126 valence electrons. The van der Waals surface area contributed by atoms with Crippen LogP contribution in [0.4, 0.5) is 9.18 Å². The number of halogens is 1. The van der Waals surface area contributed by atoms with Crippen LogP contribution in [-0.4, -0.2) is 41.9 Å². The minimum absolute atomic E-state index is 0.299. The molecular weight excluding hydrogens is 301 g/mol. The predicted octanol–water partition coefficient (Wildman–Crippen LogP) is 3.37. The van der Waals surface area contributed by atoms with Gasteiger partial charge in [-0.15, -0.1) is 0 Å². The van der Waals surface area contributed by atoms with Crippen molar-refractivity contribution in [1.29, 1.82) is 0 Å². The molecule has 1 amide bonds. The highest BCUT2D eigenvalue weighted by molar-refractivity contribution is 5.68. The molecule has 1 saturated heterocycles. The molecule has 0 bridgehead atoms. The lowest BCUT2D eigenvalue weighted by molar-refractivity contribution is -0.0560. The number of amides is 1. The van der Waals surface area contributed by atoms with Crippen molar-refractivity contribution < 1.29 is 23.4 Å². The minimum atomic E-state index is -0.500. The average Bonchev–Trinajstić information content (AvgIpc) is 2.47. The highest BCUT2D eigenvalue weighted by Crippen LogP contribution is 2.39. The van der Waals surface area contributed by atoms with Gasteiger partial charge in [-0.3, -0.25) is 0 Å². The predicted molar refractivity (Wildman–Crippen MR) is 82.3 cm³/mol. The lowest BCUT2D eigenvalue weighted by Gasteiger charge is -2.44. The van der Waals surface area contributed by atoms with Crippen LogP contribution in [0, 0.1) is 5.82 Å². The summed E-state index contributed by atoms with van der Waals surface area (Å²) >= 11 is 0. The number of nitrogens with zero attached hydrogens (tertiary/aromatic N) is 1. The van der Waals surface area contributed by atoms with E-state index in [-0.39, 0.29) is 11.9 Å². The summed E-state index contributed by atoms with van der Waals surface area (Å²) in [5.74, 6) is 0.650. The fourth-order valence-electron chi connectivity index (χ4n) is 2.82. The summed E-state index contributed by atoms with van der Waals surface area (Å²) in [6.45, 7) is 7.02. The standard InChI is InChI=1S/C17H22FNO4/c1-16(2,3)23-15(20)19-8-6-17(7-9-19)11-21-14-10-12(18)4-5-13(14)22-17/h4-5,10H,6-9,11H2,1-3H3. The molecule has 0 atom stereocenters. The molecule has 23 heavy (non-hydrogen) atoms. The summed E-state index contributed by atoms with van der Waals surface area (Å²) in [6, 6.07) is 4.28. The van der Waals surface area contributed by atoms with Gasteiger partial charge in [-0.2, -0.15) is 0 Å². The van der Waals surface area contributed by atoms with E-state index in [9.17, 15) is 9.18 Å². The van der Waals surface area contributed by atoms with Gasteiger partial charge in [-0.05, 0) is 32.9 Å². The van der Waals surface area contributed by atoms with E-state index < -0.39 is 11.2 Å². The maximum atomic E-state index is 13.2. The zero-order valence-electron chi connectivity index (χ0n) is 13.7. The van der Waals surface area contributed by atoms with E-state index in [1.807, 2.05) is 20.8 Å². The second-order valence-electron chi connectivity index (χ2n) is 7.13. The van der Waals surface area contributed by atoms with Crippen molar-refractivity contribution in [3.05, 3.63) is 24.0 Å². The number of benzene rings is 1. The SMILES string of the molecule is CC(C)(C)OC(=O)N1CCC2(CC1)COc1cc(F)ccc1O2. The zero-order chi connectivity index (χ0) is 16.7. The van der Waals surface area contributed by atoms with Crippen LogP contribution in [0.2, 0.25) is 0 Å². The summed E-state index contributed by atoms with van der Waals surface area (Å²) in [6.07, 6.45) is 1.01. The second-order valence-corrected chi connectivity index (χ2v) is 7.13. The Balaban J connectivity index is 1.63. The van der Waals surface area contributed by atoms with Gasteiger partial charge in [-0.25, -0.2) is 9.18 Å². The fourth-order valence-corrected chi connectivity index (χ4v) is 2.82. The summed E-state index contributed by atoms with van der Waals surface area (Å²) < 4.78 is 30.4. The summed E-state index contributed by atoms with van der Waals surface area (Å²) in [4.78, 5) is 13.8. The third-order valence-corrected chi connectivity index (χ3v) is 4.05. The molecule has 0 saturated carbocycles. The highest BCUT2D eigenvalue weighted by atomic mass is 19.1. The first-order chi connectivity index (χ1) is 10.8. The molecule has 0 N–H and O–H groups in total. The van der Waals surface area contributed by atoms with Crippen molar-refractivity contribution >= 4 is 6.09 Å². The second kappa shape index (κ2) is 5.58. The number of carbonyl (C=O) groups is 1. The molecule has 0 aliphatic carbocycles. The van der Waals surface area contributed by atoms with Crippen LogP contribution < -0.4 is 9.47 Å². The minimum Gasteiger partial charge on any atom is -0.485 e. The third-order valence-electron chi connectivity index (χ3n) is 4.05. The summed E-state index contributed by atoms with van der Waals surface area (Å²) in [7, 11) is 0. The Morgan fingerprint density at radius 2 is 1.96 bits per heavy atom. The number of fused-ring (bicyclic) bond motifs is 1. The lowest BCUT2D eigenvalue weighted by atomic mass is 9.91. The normalized spacial score (nSPS) is 19.6. The Kier molecular flexibility index (Phi) is 3.86. The van der Waals surface area contributed by atoms with Crippen LogP contribution in [0.1, 0.15) is 33.6 Å². The fraction of sp³-hybridized carbons (Fsp3) is 0.588. The van der Waals surface area contributed by atoms with Gasteiger partial charge < -0.3 is 19.1 Å². The van der Waals surface area contributed by atoms with E-state index in [0.29, 0.717) is 44.0 Å². The average molecular weight is 323 g/mol. The number of piperidine rings is 1. The maximum absolute atomic E-state index is 13.2. The highest BCUT2D eigenvalue weighted by Gasteiger charge is 2.42. The van der Waals surface area contributed by atoms with Gasteiger partial charge in [-0.1, -0.05) is 0 Å². The Labute approximate surface area is 135 Å². The van der Waals surface area contributed by atoms with E-state index in [4.69, 9.17) is 14.2 Å². The largest absolute Gasteiger partial charge is 0.485 e. The van der Waals surface area contributed by atoms with E-state index >= 15 is 0 Å². The smallest absolute Gasteiger partial charge is 0.410 e. The van der Waals surface area contributed by atoms with Crippen molar-refractivity contribution in [1.82, 2.24) is 4.90 Å². The molecule has 3 rings (SSSR count). The van der Waals surface area contributed by atoms with Crippen molar-refractivity contribution in [3.8, 4) is 11.5 Å². The van der Waals surface area contributed by atoms with Crippen molar-refractivity contribution in [3.63, 3.8) is 0 Å². The molecule has 1 aromatic carbocycles. The van der Waals surface area contributed by atoms with Gasteiger partial charge >= 0.3 is 6.09 Å². The van der Waals surface area contributed by atoms with E-state index in [1.165, 1.54) is 12.1 Å². The van der Waals surface area contributed by atoms with Gasteiger partial charge in [0.25, 0.3) is 0 Å². The summed E-state index contributed by atoms with van der Waals surface area (Å²) in [5, 5.41) is 0. The third kappa shape index (κ3) is 3.51. The van der Waals surface area contributed by atoms with Gasteiger partial charge in [0.15, 0.2) is 11.5 Å². The van der Waals surface area contributed by atoms with Crippen LogP contribution in [-0.2, 0) is 4.74 Å². The number of hydrogen-bond donors (Lipinski definition) is 0. The van der Waals surface area contributed by atoms with Crippen LogP contribution in [0.15, 0.2) is 18.2 Å². The molecule has 1 fully saturated rings. The lowest BCUT2D eigenvalue weighted by Crippen LogP contribution is -2.54. The van der Waals surface area contributed by atoms with Crippen molar-refractivity contribution in [2.75, 3.05) is 19.7 Å². The quantitative estimate of drug-likeness (QED) is 0.734. The van der Waals surface area contributed by atoms with Crippen LogP contribution >= 0.6 is 0 Å². The van der Waals surface area contributed by atoms with Crippen LogP contribution in [0.3, 0.4) is 0 Å². The first-order valence-electron chi connectivity index (χ1n) is 7.86. The number of hydrogen-bond acceptors (Lipinski definition) is 4. The summed E-state index contributed by atoms with van der Waals surface area (Å²) in [5.41, 5.74) is -0.955. The topological polar surface area (TPSA) is 48.0 Å². The molecular formula is C17H22FNO4. The number of rotatable bonds is 0. The van der Waals surface area contributed by atoms with Gasteiger partial charge in [0.2, 0.25) is 0 Å². The van der Waals surface area contributed by atoms with Gasteiger partial charge in [0, 0.05) is 32.0 Å². The molecule has 6 heteroatoms.